The fourth-order valence-corrected chi connectivity index (χ4v) is 3.58. The standard InChI is InChI=1S/C14H12ClF2NO2S/c1-9(10-5-2-3-6-11(10)15)18-21(19,20)14-12(16)7-4-8-13(14)17/h2-9,18H,1H3/t9-/m0/s1. The Morgan fingerprint density at radius 3 is 2.19 bits per heavy atom. The molecule has 1 N–H and O–H groups in total. The van der Waals surface area contributed by atoms with Crippen LogP contribution in [0.15, 0.2) is 47.4 Å². The molecule has 0 aliphatic carbocycles. The van der Waals surface area contributed by atoms with Gasteiger partial charge in [-0.3, -0.25) is 0 Å². The summed E-state index contributed by atoms with van der Waals surface area (Å²) in [7, 11) is -4.34. The molecule has 2 rings (SSSR count). The molecule has 0 amide bonds. The van der Waals surface area contributed by atoms with E-state index >= 15 is 0 Å². The van der Waals surface area contributed by atoms with Gasteiger partial charge in [-0.1, -0.05) is 35.9 Å². The molecule has 0 saturated heterocycles. The summed E-state index contributed by atoms with van der Waals surface area (Å²) in [5.74, 6) is -2.29. The SMILES string of the molecule is C[C@H](NS(=O)(=O)c1c(F)cccc1F)c1ccccc1Cl. The molecule has 0 saturated carbocycles. The third kappa shape index (κ3) is 3.40. The van der Waals surface area contributed by atoms with Gasteiger partial charge >= 0.3 is 0 Å². The van der Waals surface area contributed by atoms with Gasteiger partial charge in [-0.25, -0.2) is 21.9 Å². The van der Waals surface area contributed by atoms with Crippen molar-refractivity contribution in [3.8, 4) is 0 Å². The molecule has 0 heterocycles. The second-order valence-electron chi connectivity index (χ2n) is 4.42. The molecule has 0 radical (unpaired) electrons. The first-order valence-electron chi connectivity index (χ1n) is 6.03. The van der Waals surface area contributed by atoms with Crippen molar-refractivity contribution < 1.29 is 17.2 Å². The van der Waals surface area contributed by atoms with Crippen LogP contribution in [0.3, 0.4) is 0 Å². The van der Waals surface area contributed by atoms with Crippen molar-refractivity contribution in [3.63, 3.8) is 0 Å². The molecule has 0 aromatic heterocycles. The summed E-state index contributed by atoms with van der Waals surface area (Å²) in [6.07, 6.45) is 0. The maximum atomic E-state index is 13.6. The Bertz CT molecular complexity index is 745. The van der Waals surface area contributed by atoms with Gasteiger partial charge in [0.25, 0.3) is 0 Å². The highest BCUT2D eigenvalue weighted by atomic mass is 35.5. The molecule has 21 heavy (non-hydrogen) atoms. The number of hydrogen-bond acceptors (Lipinski definition) is 2. The first-order valence-corrected chi connectivity index (χ1v) is 7.90. The van der Waals surface area contributed by atoms with Crippen LogP contribution in [0.5, 0.6) is 0 Å². The van der Waals surface area contributed by atoms with Gasteiger partial charge in [0.15, 0.2) is 4.90 Å². The quantitative estimate of drug-likeness (QED) is 0.929. The van der Waals surface area contributed by atoms with E-state index in [1.807, 2.05) is 0 Å². The molecule has 112 valence electrons. The van der Waals surface area contributed by atoms with Crippen LogP contribution >= 0.6 is 11.6 Å². The Labute approximate surface area is 126 Å². The number of benzene rings is 2. The van der Waals surface area contributed by atoms with E-state index in [1.165, 1.54) is 6.92 Å². The zero-order valence-electron chi connectivity index (χ0n) is 11.0. The third-order valence-corrected chi connectivity index (χ3v) is 4.83. The van der Waals surface area contributed by atoms with Gasteiger partial charge in [0.1, 0.15) is 11.6 Å². The Hall–Kier alpha value is -1.50. The molecule has 7 heteroatoms. The van der Waals surface area contributed by atoms with Gasteiger partial charge in [0, 0.05) is 11.1 Å². The van der Waals surface area contributed by atoms with Crippen LogP contribution in [0.2, 0.25) is 5.02 Å². The van der Waals surface area contributed by atoms with Crippen molar-refractivity contribution in [2.24, 2.45) is 0 Å². The van der Waals surface area contributed by atoms with Crippen LogP contribution in [-0.4, -0.2) is 8.42 Å². The van der Waals surface area contributed by atoms with Gasteiger partial charge in [-0.15, -0.1) is 0 Å². The van der Waals surface area contributed by atoms with E-state index in [-0.39, 0.29) is 0 Å². The van der Waals surface area contributed by atoms with E-state index in [2.05, 4.69) is 4.72 Å². The highest BCUT2D eigenvalue weighted by molar-refractivity contribution is 7.89. The van der Waals surface area contributed by atoms with Gasteiger partial charge in [-0.2, -0.15) is 0 Å². The molecule has 2 aromatic rings. The molecular weight excluding hydrogens is 320 g/mol. The van der Waals surface area contributed by atoms with E-state index < -0.39 is 32.6 Å². The normalized spacial score (nSPS) is 13.1. The number of halogens is 3. The summed E-state index contributed by atoms with van der Waals surface area (Å²) in [6, 6.07) is 8.76. The molecule has 0 unspecified atom stereocenters. The lowest BCUT2D eigenvalue weighted by molar-refractivity contribution is 0.509. The predicted molar refractivity (Wildman–Crippen MR) is 76.5 cm³/mol. The first kappa shape index (κ1) is 15.9. The van der Waals surface area contributed by atoms with Gasteiger partial charge < -0.3 is 0 Å². The second kappa shape index (κ2) is 6.09. The summed E-state index contributed by atoms with van der Waals surface area (Å²) in [5.41, 5.74) is 0.513. The Morgan fingerprint density at radius 2 is 1.62 bits per heavy atom. The molecule has 0 aliphatic heterocycles. The molecular formula is C14H12ClF2NO2S. The summed E-state index contributed by atoms with van der Waals surface area (Å²) in [5, 5.41) is 0.363. The Morgan fingerprint density at radius 1 is 1.05 bits per heavy atom. The minimum atomic E-state index is -4.34. The van der Waals surface area contributed by atoms with E-state index in [0.717, 1.165) is 18.2 Å². The molecule has 0 bridgehead atoms. The van der Waals surface area contributed by atoms with Gasteiger partial charge in [0.2, 0.25) is 10.0 Å². The zero-order chi connectivity index (χ0) is 15.6. The summed E-state index contributed by atoms with van der Waals surface area (Å²) < 4.78 is 53.7. The van der Waals surface area contributed by atoms with E-state index in [9.17, 15) is 17.2 Å². The van der Waals surface area contributed by atoms with Crippen molar-refractivity contribution >= 4 is 21.6 Å². The monoisotopic (exact) mass is 331 g/mol. The second-order valence-corrected chi connectivity index (χ2v) is 6.47. The largest absolute Gasteiger partial charge is 0.246 e. The first-order chi connectivity index (χ1) is 9.83. The van der Waals surface area contributed by atoms with Gasteiger partial charge in [-0.05, 0) is 30.7 Å². The van der Waals surface area contributed by atoms with Crippen LogP contribution in [0.1, 0.15) is 18.5 Å². The van der Waals surface area contributed by atoms with Gasteiger partial charge in [0.05, 0.1) is 0 Å². The number of sulfonamides is 1. The smallest absolute Gasteiger partial charge is 0.207 e. The van der Waals surface area contributed by atoms with Crippen LogP contribution in [0.4, 0.5) is 8.78 Å². The zero-order valence-corrected chi connectivity index (χ0v) is 12.5. The number of rotatable bonds is 4. The average molecular weight is 332 g/mol. The van der Waals surface area contributed by atoms with Crippen LogP contribution < -0.4 is 4.72 Å². The summed E-state index contributed by atoms with van der Waals surface area (Å²) in [6.45, 7) is 1.54. The lowest BCUT2D eigenvalue weighted by Gasteiger charge is -2.16. The van der Waals surface area contributed by atoms with Crippen LogP contribution in [0.25, 0.3) is 0 Å². The predicted octanol–water partition coefficient (Wildman–Crippen LogP) is 3.66. The molecule has 3 nitrogen and oxygen atoms in total. The molecule has 2 aromatic carbocycles. The van der Waals surface area contributed by atoms with E-state index in [4.69, 9.17) is 11.6 Å². The fourth-order valence-electron chi connectivity index (χ4n) is 1.92. The van der Waals surface area contributed by atoms with Crippen molar-refractivity contribution in [1.82, 2.24) is 4.72 Å². The van der Waals surface area contributed by atoms with E-state index in [0.29, 0.717) is 10.6 Å². The lowest BCUT2D eigenvalue weighted by Crippen LogP contribution is -2.28. The molecule has 0 spiro atoms. The minimum absolute atomic E-state index is 0.363. The van der Waals surface area contributed by atoms with Crippen molar-refractivity contribution in [2.45, 2.75) is 17.9 Å². The lowest BCUT2D eigenvalue weighted by atomic mass is 10.1. The van der Waals surface area contributed by atoms with Crippen molar-refractivity contribution in [1.29, 1.82) is 0 Å². The van der Waals surface area contributed by atoms with Crippen LogP contribution in [0, 0.1) is 11.6 Å². The minimum Gasteiger partial charge on any atom is -0.207 e. The average Bonchev–Trinajstić information content (AvgIpc) is 2.37. The molecule has 0 fully saturated rings. The topological polar surface area (TPSA) is 46.2 Å². The fraction of sp³-hybridized carbons (Fsp3) is 0.143. The summed E-state index contributed by atoms with van der Waals surface area (Å²) in [4.78, 5) is -0.996. The highest BCUT2D eigenvalue weighted by Crippen LogP contribution is 2.25. The number of nitrogens with one attached hydrogen (secondary N) is 1. The summed E-state index contributed by atoms with van der Waals surface area (Å²) >= 11 is 5.97. The maximum absolute atomic E-state index is 13.6. The third-order valence-electron chi connectivity index (χ3n) is 2.89. The number of hydrogen-bond donors (Lipinski definition) is 1. The maximum Gasteiger partial charge on any atom is 0.246 e. The van der Waals surface area contributed by atoms with E-state index in [1.54, 1.807) is 24.3 Å². The Kier molecular flexibility index (Phi) is 4.61. The Balaban J connectivity index is 2.36. The van der Waals surface area contributed by atoms with Crippen molar-refractivity contribution in [2.75, 3.05) is 0 Å². The van der Waals surface area contributed by atoms with Crippen LogP contribution in [-0.2, 0) is 10.0 Å². The molecule has 1 atom stereocenters. The highest BCUT2D eigenvalue weighted by Gasteiger charge is 2.26. The molecule has 0 aliphatic rings. The van der Waals surface area contributed by atoms with Crippen molar-refractivity contribution in [3.05, 3.63) is 64.7 Å².